The van der Waals surface area contributed by atoms with Gasteiger partial charge in [-0.2, -0.15) is 0 Å². The number of hydrogen-bond donors (Lipinski definition) is 2. The lowest BCUT2D eigenvalue weighted by Crippen LogP contribution is -2.39. The Labute approximate surface area is 122 Å². The fourth-order valence-electron chi connectivity index (χ4n) is 2.53. The van der Waals surface area contributed by atoms with Gasteiger partial charge in [0.2, 0.25) is 5.91 Å². The van der Waals surface area contributed by atoms with E-state index in [1.165, 1.54) is 12.1 Å². The summed E-state index contributed by atoms with van der Waals surface area (Å²) in [6, 6.07) is 5.59. The topological polar surface area (TPSA) is 66.4 Å². The minimum atomic E-state index is -0.950. The van der Waals surface area contributed by atoms with Gasteiger partial charge < -0.3 is 10.4 Å². The first-order chi connectivity index (χ1) is 9.99. The molecule has 2 N–H and O–H groups in total. The van der Waals surface area contributed by atoms with Crippen molar-refractivity contribution in [2.75, 3.05) is 0 Å². The molecule has 0 aliphatic heterocycles. The molecule has 4 nitrogen and oxygen atoms in total. The molecular formula is C16H18FNO3. The molecule has 21 heavy (non-hydrogen) atoms. The highest BCUT2D eigenvalue weighted by Gasteiger charge is 2.34. The number of allylic oxidation sites excluding steroid dienone is 2. The highest BCUT2D eigenvalue weighted by atomic mass is 19.1. The van der Waals surface area contributed by atoms with Crippen molar-refractivity contribution in [1.29, 1.82) is 0 Å². The smallest absolute Gasteiger partial charge is 0.307 e. The number of carbonyl (C=O) groups is 2. The van der Waals surface area contributed by atoms with E-state index in [0.717, 1.165) is 5.56 Å². The summed E-state index contributed by atoms with van der Waals surface area (Å²) in [6.07, 6.45) is 4.44. The number of nitrogens with one attached hydrogen (secondary N) is 1. The van der Waals surface area contributed by atoms with Crippen LogP contribution in [0.5, 0.6) is 0 Å². The lowest BCUT2D eigenvalue weighted by molar-refractivity contribution is -0.147. The first kappa shape index (κ1) is 15.2. The number of carboxylic acids is 1. The summed E-state index contributed by atoms with van der Waals surface area (Å²) in [5.41, 5.74) is 0.781. The van der Waals surface area contributed by atoms with E-state index in [1.807, 2.05) is 6.08 Å². The van der Waals surface area contributed by atoms with E-state index in [0.29, 0.717) is 12.8 Å². The minimum absolute atomic E-state index is 0.274. The maximum Gasteiger partial charge on any atom is 0.307 e. The molecule has 1 aromatic rings. The summed E-state index contributed by atoms with van der Waals surface area (Å²) in [5, 5.41) is 12.0. The molecule has 0 fully saturated rings. The summed E-state index contributed by atoms with van der Waals surface area (Å²) in [4.78, 5) is 23.5. The molecule has 2 rings (SSSR count). The van der Waals surface area contributed by atoms with Crippen molar-refractivity contribution in [3.8, 4) is 0 Å². The fourth-order valence-corrected chi connectivity index (χ4v) is 2.53. The second-order valence-electron chi connectivity index (χ2n) is 5.28. The zero-order valence-electron chi connectivity index (χ0n) is 11.8. The van der Waals surface area contributed by atoms with E-state index >= 15 is 0 Å². The maximum atomic E-state index is 12.9. The average molecular weight is 291 g/mol. The summed E-state index contributed by atoms with van der Waals surface area (Å²) in [6.45, 7) is 1.79. The van der Waals surface area contributed by atoms with E-state index in [-0.39, 0.29) is 17.8 Å². The van der Waals surface area contributed by atoms with Gasteiger partial charge in [-0.25, -0.2) is 4.39 Å². The van der Waals surface area contributed by atoms with Crippen molar-refractivity contribution in [3.05, 3.63) is 47.8 Å². The molecule has 1 aromatic carbocycles. The number of carboxylic acid groups (broad SMARTS) is 1. The molecule has 0 saturated carbocycles. The van der Waals surface area contributed by atoms with Gasteiger partial charge in [0, 0.05) is 0 Å². The van der Waals surface area contributed by atoms with Crippen LogP contribution in [0.15, 0.2) is 36.4 Å². The molecule has 0 saturated heterocycles. The number of benzene rings is 1. The van der Waals surface area contributed by atoms with Crippen molar-refractivity contribution in [2.24, 2.45) is 11.8 Å². The number of carbonyl (C=O) groups excluding carboxylic acids is 1. The van der Waals surface area contributed by atoms with Crippen LogP contribution in [0.1, 0.15) is 31.4 Å². The Kier molecular flexibility index (Phi) is 4.73. The molecule has 0 unspecified atom stereocenters. The normalized spacial score (nSPS) is 22.6. The van der Waals surface area contributed by atoms with Crippen LogP contribution < -0.4 is 5.32 Å². The molecule has 3 atom stereocenters. The number of rotatable bonds is 4. The van der Waals surface area contributed by atoms with E-state index in [1.54, 1.807) is 25.1 Å². The van der Waals surface area contributed by atoms with Gasteiger partial charge >= 0.3 is 5.97 Å². The van der Waals surface area contributed by atoms with Gasteiger partial charge in [-0.05, 0) is 37.5 Å². The summed E-state index contributed by atoms with van der Waals surface area (Å²) < 4.78 is 12.9. The molecule has 1 aliphatic carbocycles. The van der Waals surface area contributed by atoms with Gasteiger partial charge in [0.25, 0.3) is 0 Å². The third-order valence-corrected chi connectivity index (χ3v) is 3.82. The summed E-state index contributed by atoms with van der Waals surface area (Å²) in [5.74, 6) is -2.80. The molecule has 0 aromatic heterocycles. The molecule has 1 aliphatic rings. The highest BCUT2D eigenvalue weighted by molar-refractivity contribution is 5.85. The van der Waals surface area contributed by atoms with Crippen molar-refractivity contribution in [1.82, 2.24) is 5.32 Å². The molecule has 112 valence electrons. The molecule has 0 radical (unpaired) electrons. The van der Waals surface area contributed by atoms with Crippen LogP contribution in [0.3, 0.4) is 0 Å². The van der Waals surface area contributed by atoms with Crippen molar-refractivity contribution in [3.63, 3.8) is 0 Å². The second kappa shape index (κ2) is 6.52. The molecular weight excluding hydrogens is 273 g/mol. The van der Waals surface area contributed by atoms with Gasteiger partial charge in [-0.3, -0.25) is 9.59 Å². The van der Waals surface area contributed by atoms with Gasteiger partial charge in [-0.15, -0.1) is 0 Å². The van der Waals surface area contributed by atoms with Crippen LogP contribution in [0.2, 0.25) is 0 Å². The van der Waals surface area contributed by atoms with Gasteiger partial charge in [0.1, 0.15) is 5.82 Å². The zero-order chi connectivity index (χ0) is 15.4. The Bertz CT molecular complexity index is 553. The zero-order valence-corrected chi connectivity index (χ0v) is 11.8. The van der Waals surface area contributed by atoms with Crippen molar-refractivity contribution in [2.45, 2.75) is 25.8 Å². The predicted molar refractivity (Wildman–Crippen MR) is 75.9 cm³/mol. The Morgan fingerprint density at radius 2 is 1.76 bits per heavy atom. The Hall–Kier alpha value is -2.17. The molecule has 0 spiro atoms. The first-order valence-corrected chi connectivity index (χ1v) is 6.92. The second-order valence-corrected chi connectivity index (χ2v) is 5.28. The van der Waals surface area contributed by atoms with Crippen LogP contribution in [0.25, 0.3) is 0 Å². The Morgan fingerprint density at radius 1 is 1.19 bits per heavy atom. The molecule has 0 bridgehead atoms. The largest absolute Gasteiger partial charge is 0.481 e. The van der Waals surface area contributed by atoms with E-state index in [9.17, 15) is 19.1 Å². The fraction of sp³-hybridized carbons (Fsp3) is 0.375. The summed E-state index contributed by atoms with van der Waals surface area (Å²) in [7, 11) is 0. The first-order valence-electron chi connectivity index (χ1n) is 6.92. The third kappa shape index (κ3) is 3.68. The van der Waals surface area contributed by atoms with Crippen LogP contribution in [0.4, 0.5) is 4.39 Å². The number of amides is 1. The summed E-state index contributed by atoms with van der Waals surface area (Å²) >= 11 is 0. The van der Waals surface area contributed by atoms with Crippen LogP contribution in [-0.2, 0) is 9.59 Å². The molecule has 1 amide bonds. The van der Waals surface area contributed by atoms with E-state index in [4.69, 9.17) is 0 Å². The van der Waals surface area contributed by atoms with Gasteiger partial charge in [-0.1, -0.05) is 24.3 Å². The quantitative estimate of drug-likeness (QED) is 0.838. The van der Waals surface area contributed by atoms with Crippen LogP contribution >= 0.6 is 0 Å². The standard InChI is InChI=1S/C16H18FNO3/c1-10(11-6-8-12(17)9-7-11)18-15(19)13-4-2-3-5-14(13)16(20)21/h2-3,6-10,13-14H,4-5H2,1H3,(H,18,19)(H,20,21)/t10-,13-,14-/m0/s1. The SMILES string of the molecule is C[C@H](NC(=O)[C@H]1CC=CC[C@@H]1C(=O)O)c1ccc(F)cc1. The van der Waals surface area contributed by atoms with Crippen LogP contribution in [0, 0.1) is 17.7 Å². The third-order valence-electron chi connectivity index (χ3n) is 3.82. The van der Waals surface area contributed by atoms with Crippen LogP contribution in [-0.4, -0.2) is 17.0 Å². The highest BCUT2D eigenvalue weighted by Crippen LogP contribution is 2.27. The minimum Gasteiger partial charge on any atom is -0.481 e. The molecule has 0 heterocycles. The van der Waals surface area contributed by atoms with Crippen molar-refractivity contribution >= 4 is 11.9 Å². The number of hydrogen-bond acceptors (Lipinski definition) is 2. The lowest BCUT2D eigenvalue weighted by atomic mass is 9.82. The average Bonchev–Trinajstić information content (AvgIpc) is 2.47. The monoisotopic (exact) mass is 291 g/mol. The lowest BCUT2D eigenvalue weighted by Gasteiger charge is -2.26. The predicted octanol–water partition coefficient (Wildman–Crippen LogP) is 2.67. The Morgan fingerprint density at radius 3 is 2.33 bits per heavy atom. The van der Waals surface area contributed by atoms with Gasteiger partial charge in [0.15, 0.2) is 0 Å². The Balaban J connectivity index is 2.04. The van der Waals surface area contributed by atoms with Gasteiger partial charge in [0.05, 0.1) is 17.9 Å². The van der Waals surface area contributed by atoms with E-state index < -0.39 is 17.8 Å². The number of aliphatic carboxylic acids is 1. The molecule has 5 heteroatoms. The number of halogens is 1. The van der Waals surface area contributed by atoms with E-state index in [2.05, 4.69) is 5.32 Å². The van der Waals surface area contributed by atoms with Crippen molar-refractivity contribution < 1.29 is 19.1 Å². The maximum absolute atomic E-state index is 12.9.